The molecule has 2 aromatic carbocycles. The van der Waals surface area contributed by atoms with E-state index in [4.69, 9.17) is 10.5 Å². The number of amides is 1. The van der Waals surface area contributed by atoms with Crippen LogP contribution in [0.3, 0.4) is 0 Å². The van der Waals surface area contributed by atoms with E-state index in [1.807, 2.05) is 36.4 Å². The average Bonchev–Trinajstić information content (AvgIpc) is 2.74. The number of rotatable bonds is 3. The first kappa shape index (κ1) is 13.6. The van der Waals surface area contributed by atoms with Crippen LogP contribution in [0.1, 0.15) is 36.9 Å². The van der Waals surface area contributed by atoms with Crippen LogP contribution in [0.4, 0.5) is 5.69 Å². The monoisotopic (exact) mass is 282 g/mol. The Labute approximate surface area is 123 Å². The number of hydrogen-bond donors (Lipinski definition) is 2. The second-order valence-corrected chi connectivity index (χ2v) is 5.51. The molecule has 21 heavy (non-hydrogen) atoms. The maximum Gasteiger partial charge on any atom is 0.245 e. The first-order valence-corrected chi connectivity index (χ1v) is 7.03. The topological polar surface area (TPSA) is 64.3 Å². The van der Waals surface area contributed by atoms with Crippen molar-refractivity contribution in [2.45, 2.75) is 25.8 Å². The largest absolute Gasteiger partial charge is 0.457 e. The summed E-state index contributed by atoms with van der Waals surface area (Å²) in [6, 6.07) is 12.9. The van der Waals surface area contributed by atoms with Gasteiger partial charge in [-0.25, -0.2) is 0 Å². The standard InChI is InChI=1S/C17H18N2O2/c1-10(2)12-5-3-4-6-15(12)21-11-7-8-13-14(9-11)19-17(20)16(13)18/h3-10,16H,18H2,1-2H3,(H,19,20). The SMILES string of the molecule is CC(C)c1ccccc1Oc1ccc2c(c1)NC(=O)C2N. The lowest BCUT2D eigenvalue weighted by Crippen LogP contribution is -2.19. The van der Waals surface area contributed by atoms with Crippen molar-refractivity contribution in [1.82, 2.24) is 0 Å². The lowest BCUT2D eigenvalue weighted by atomic mass is 10.0. The van der Waals surface area contributed by atoms with Gasteiger partial charge in [-0.1, -0.05) is 38.1 Å². The van der Waals surface area contributed by atoms with Gasteiger partial charge in [-0.05, 0) is 23.6 Å². The van der Waals surface area contributed by atoms with Gasteiger partial charge in [0.15, 0.2) is 0 Å². The molecule has 3 rings (SSSR count). The maximum atomic E-state index is 11.6. The molecule has 2 aromatic rings. The molecule has 1 amide bonds. The summed E-state index contributed by atoms with van der Waals surface area (Å²) in [7, 11) is 0. The highest BCUT2D eigenvalue weighted by Crippen LogP contribution is 2.35. The first-order chi connectivity index (χ1) is 10.1. The summed E-state index contributed by atoms with van der Waals surface area (Å²) in [5.41, 5.74) is 8.49. The van der Waals surface area contributed by atoms with Gasteiger partial charge in [-0.15, -0.1) is 0 Å². The van der Waals surface area contributed by atoms with Crippen molar-refractivity contribution < 1.29 is 9.53 Å². The number of carbonyl (C=O) groups excluding carboxylic acids is 1. The van der Waals surface area contributed by atoms with Crippen LogP contribution in [0.5, 0.6) is 11.5 Å². The molecular weight excluding hydrogens is 264 g/mol. The molecule has 1 heterocycles. The summed E-state index contributed by atoms with van der Waals surface area (Å²) in [4.78, 5) is 11.6. The molecule has 1 aliphatic rings. The van der Waals surface area contributed by atoms with E-state index >= 15 is 0 Å². The summed E-state index contributed by atoms with van der Waals surface area (Å²) in [5, 5.41) is 2.77. The summed E-state index contributed by atoms with van der Waals surface area (Å²) in [5.74, 6) is 1.73. The number of nitrogens with two attached hydrogens (primary N) is 1. The highest BCUT2D eigenvalue weighted by Gasteiger charge is 2.27. The van der Waals surface area contributed by atoms with Gasteiger partial charge < -0.3 is 15.8 Å². The third kappa shape index (κ3) is 2.50. The van der Waals surface area contributed by atoms with E-state index in [0.717, 1.165) is 22.6 Å². The van der Waals surface area contributed by atoms with Gasteiger partial charge in [0.1, 0.15) is 17.5 Å². The molecule has 0 bridgehead atoms. The van der Waals surface area contributed by atoms with Gasteiger partial charge in [0.05, 0.1) is 0 Å². The van der Waals surface area contributed by atoms with E-state index in [-0.39, 0.29) is 5.91 Å². The number of nitrogens with one attached hydrogen (secondary N) is 1. The van der Waals surface area contributed by atoms with E-state index < -0.39 is 6.04 Å². The highest BCUT2D eigenvalue weighted by molar-refractivity contribution is 6.02. The fourth-order valence-electron chi connectivity index (χ4n) is 2.51. The van der Waals surface area contributed by atoms with Crippen LogP contribution in [0.2, 0.25) is 0 Å². The van der Waals surface area contributed by atoms with Crippen molar-refractivity contribution in [2.75, 3.05) is 5.32 Å². The molecule has 0 saturated carbocycles. The van der Waals surface area contributed by atoms with E-state index in [9.17, 15) is 4.79 Å². The zero-order chi connectivity index (χ0) is 15.0. The molecule has 108 valence electrons. The minimum absolute atomic E-state index is 0.176. The molecule has 1 unspecified atom stereocenters. The zero-order valence-electron chi connectivity index (χ0n) is 12.1. The van der Waals surface area contributed by atoms with Crippen LogP contribution >= 0.6 is 0 Å². The number of carbonyl (C=O) groups is 1. The average molecular weight is 282 g/mol. The van der Waals surface area contributed by atoms with E-state index in [2.05, 4.69) is 25.2 Å². The van der Waals surface area contributed by atoms with Crippen LogP contribution < -0.4 is 15.8 Å². The smallest absolute Gasteiger partial charge is 0.245 e. The maximum absolute atomic E-state index is 11.6. The number of benzene rings is 2. The second-order valence-electron chi connectivity index (χ2n) is 5.51. The molecule has 1 aliphatic heterocycles. The molecule has 4 nitrogen and oxygen atoms in total. The van der Waals surface area contributed by atoms with Crippen LogP contribution in [-0.2, 0) is 4.79 Å². The van der Waals surface area contributed by atoms with Gasteiger partial charge in [0, 0.05) is 17.3 Å². The molecule has 4 heteroatoms. The third-order valence-electron chi connectivity index (χ3n) is 3.67. The van der Waals surface area contributed by atoms with Crippen molar-refractivity contribution >= 4 is 11.6 Å². The molecule has 0 spiro atoms. The van der Waals surface area contributed by atoms with Gasteiger partial charge >= 0.3 is 0 Å². The lowest BCUT2D eigenvalue weighted by Gasteiger charge is -2.14. The van der Waals surface area contributed by atoms with Crippen LogP contribution in [0.15, 0.2) is 42.5 Å². The molecule has 0 saturated heterocycles. The lowest BCUT2D eigenvalue weighted by molar-refractivity contribution is -0.116. The Kier molecular flexibility index (Phi) is 3.39. The molecule has 0 radical (unpaired) electrons. The number of para-hydroxylation sites is 1. The predicted molar refractivity (Wildman–Crippen MR) is 82.6 cm³/mol. The van der Waals surface area contributed by atoms with Gasteiger partial charge in [0.2, 0.25) is 5.91 Å². The van der Waals surface area contributed by atoms with Crippen LogP contribution in [-0.4, -0.2) is 5.91 Å². The Balaban J connectivity index is 1.91. The molecule has 0 fully saturated rings. The Hall–Kier alpha value is -2.33. The second kappa shape index (κ2) is 5.22. The van der Waals surface area contributed by atoms with Crippen molar-refractivity contribution in [2.24, 2.45) is 5.73 Å². The minimum Gasteiger partial charge on any atom is -0.457 e. The summed E-state index contributed by atoms with van der Waals surface area (Å²) in [6.45, 7) is 4.26. The Morgan fingerprint density at radius 2 is 1.95 bits per heavy atom. The van der Waals surface area contributed by atoms with Crippen molar-refractivity contribution in [3.63, 3.8) is 0 Å². The normalized spacial score (nSPS) is 16.8. The Morgan fingerprint density at radius 3 is 2.71 bits per heavy atom. The molecule has 0 aliphatic carbocycles. The summed E-state index contributed by atoms with van der Waals surface area (Å²) in [6.07, 6.45) is 0. The van der Waals surface area contributed by atoms with Crippen molar-refractivity contribution in [3.8, 4) is 11.5 Å². The zero-order valence-corrected chi connectivity index (χ0v) is 12.1. The Bertz CT molecular complexity index is 695. The van der Waals surface area contributed by atoms with Crippen LogP contribution in [0.25, 0.3) is 0 Å². The number of hydrogen-bond acceptors (Lipinski definition) is 3. The van der Waals surface area contributed by atoms with Gasteiger partial charge in [-0.2, -0.15) is 0 Å². The Morgan fingerprint density at radius 1 is 1.19 bits per heavy atom. The van der Waals surface area contributed by atoms with E-state index in [0.29, 0.717) is 11.7 Å². The quantitative estimate of drug-likeness (QED) is 0.904. The fraction of sp³-hybridized carbons (Fsp3) is 0.235. The van der Waals surface area contributed by atoms with Gasteiger partial charge in [0.25, 0.3) is 0 Å². The number of ether oxygens (including phenoxy) is 1. The summed E-state index contributed by atoms with van der Waals surface area (Å²) >= 11 is 0. The van der Waals surface area contributed by atoms with E-state index in [1.165, 1.54) is 0 Å². The highest BCUT2D eigenvalue weighted by atomic mass is 16.5. The fourth-order valence-corrected chi connectivity index (χ4v) is 2.51. The third-order valence-corrected chi connectivity index (χ3v) is 3.67. The summed E-state index contributed by atoms with van der Waals surface area (Å²) < 4.78 is 5.97. The number of fused-ring (bicyclic) bond motifs is 1. The van der Waals surface area contributed by atoms with Crippen molar-refractivity contribution in [3.05, 3.63) is 53.6 Å². The van der Waals surface area contributed by atoms with Crippen LogP contribution in [0, 0.1) is 0 Å². The minimum atomic E-state index is -0.586. The number of anilines is 1. The molecular formula is C17H18N2O2. The first-order valence-electron chi connectivity index (χ1n) is 7.03. The molecule has 1 atom stereocenters. The van der Waals surface area contributed by atoms with Gasteiger partial charge in [-0.3, -0.25) is 4.79 Å². The van der Waals surface area contributed by atoms with E-state index in [1.54, 1.807) is 0 Å². The predicted octanol–water partition coefficient (Wildman–Crippen LogP) is 3.55. The molecule has 0 aromatic heterocycles. The van der Waals surface area contributed by atoms with Crippen molar-refractivity contribution in [1.29, 1.82) is 0 Å². The molecule has 3 N–H and O–H groups in total.